The van der Waals surface area contributed by atoms with E-state index in [2.05, 4.69) is 25.5 Å². The molecule has 4 aromatic rings. The molecular formula is C24H18F3N5O. The number of anilines is 2. The van der Waals surface area contributed by atoms with Crippen LogP contribution in [0.3, 0.4) is 0 Å². The van der Waals surface area contributed by atoms with Crippen molar-refractivity contribution in [2.45, 2.75) is 19.0 Å². The highest BCUT2D eigenvalue weighted by Crippen LogP contribution is 2.37. The molecule has 0 atom stereocenters. The quantitative estimate of drug-likeness (QED) is 0.370. The van der Waals surface area contributed by atoms with E-state index in [-0.39, 0.29) is 23.1 Å². The summed E-state index contributed by atoms with van der Waals surface area (Å²) >= 11 is 0. The Morgan fingerprint density at radius 1 is 0.970 bits per heavy atom. The number of para-hydroxylation sites is 1. The number of allylic oxidation sites excluding steroid dienone is 1. The Kier molecular flexibility index (Phi) is 5.29. The molecule has 2 aromatic heterocycles. The monoisotopic (exact) mass is 449 g/mol. The third-order valence-corrected chi connectivity index (χ3v) is 5.13. The molecule has 1 aliphatic carbocycles. The van der Waals surface area contributed by atoms with Gasteiger partial charge in [0.1, 0.15) is 11.6 Å². The van der Waals surface area contributed by atoms with Gasteiger partial charge in [0.05, 0.1) is 11.3 Å². The molecule has 0 amide bonds. The molecule has 5 rings (SSSR count). The predicted octanol–water partition coefficient (Wildman–Crippen LogP) is 6.38. The smallest absolute Gasteiger partial charge is 0.417 e. The average molecular weight is 449 g/mol. The number of hydrogen-bond donors (Lipinski definition) is 2. The van der Waals surface area contributed by atoms with E-state index in [1.54, 1.807) is 24.3 Å². The first-order valence-electron chi connectivity index (χ1n) is 10.3. The number of benzene rings is 2. The van der Waals surface area contributed by atoms with Gasteiger partial charge in [0.25, 0.3) is 0 Å². The summed E-state index contributed by atoms with van der Waals surface area (Å²) in [6, 6.07) is 15.6. The highest BCUT2D eigenvalue weighted by atomic mass is 19.4. The van der Waals surface area contributed by atoms with Crippen molar-refractivity contribution in [3.63, 3.8) is 0 Å². The van der Waals surface area contributed by atoms with Gasteiger partial charge in [-0.15, -0.1) is 0 Å². The number of nitrogens with zero attached hydrogens (tertiary/aromatic N) is 3. The number of alkyl halides is 3. The van der Waals surface area contributed by atoms with Gasteiger partial charge in [-0.1, -0.05) is 42.5 Å². The Morgan fingerprint density at radius 2 is 1.76 bits per heavy atom. The molecule has 0 fully saturated rings. The van der Waals surface area contributed by atoms with Gasteiger partial charge in [0, 0.05) is 17.2 Å². The molecule has 0 spiro atoms. The largest absolute Gasteiger partial charge is 0.439 e. The van der Waals surface area contributed by atoms with Crippen LogP contribution in [0.2, 0.25) is 0 Å². The van der Waals surface area contributed by atoms with Gasteiger partial charge < -0.3 is 10.1 Å². The van der Waals surface area contributed by atoms with E-state index in [4.69, 9.17) is 4.74 Å². The molecule has 166 valence electrons. The Morgan fingerprint density at radius 3 is 2.58 bits per heavy atom. The zero-order chi connectivity index (χ0) is 22.8. The molecule has 0 saturated heterocycles. The highest BCUT2D eigenvalue weighted by molar-refractivity contribution is 5.68. The van der Waals surface area contributed by atoms with Crippen LogP contribution < -0.4 is 10.1 Å². The van der Waals surface area contributed by atoms with Crippen molar-refractivity contribution in [2.75, 3.05) is 5.32 Å². The van der Waals surface area contributed by atoms with Gasteiger partial charge in [-0.05, 0) is 37.1 Å². The van der Waals surface area contributed by atoms with Gasteiger partial charge in [0.15, 0.2) is 11.6 Å². The number of aromatic amines is 1. The molecule has 0 unspecified atom stereocenters. The van der Waals surface area contributed by atoms with E-state index in [0.29, 0.717) is 11.6 Å². The topological polar surface area (TPSA) is 75.7 Å². The summed E-state index contributed by atoms with van der Waals surface area (Å²) in [7, 11) is 0. The fourth-order valence-corrected chi connectivity index (χ4v) is 3.62. The molecular weight excluding hydrogens is 431 g/mol. The van der Waals surface area contributed by atoms with E-state index >= 15 is 0 Å². The lowest BCUT2D eigenvalue weighted by Gasteiger charge is -2.14. The summed E-state index contributed by atoms with van der Waals surface area (Å²) in [6.07, 6.45) is 1.10. The molecule has 0 aliphatic heterocycles. The second-order valence-corrected chi connectivity index (χ2v) is 7.40. The molecule has 2 heterocycles. The van der Waals surface area contributed by atoms with Gasteiger partial charge in [-0.25, -0.2) is 4.98 Å². The van der Waals surface area contributed by atoms with Crippen LogP contribution in [0.1, 0.15) is 23.2 Å². The van der Waals surface area contributed by atoms with Crippen molar-refractivity contribution in [2.24, 2.45) is 0 Å². The van der Waals surface area contributed by atoms with Crippen LogP contribution in [0, 0.1) is 0 Å². The van der Waals surface area contributed by atoms with Crippen LogP contribution >= 0.6 is 0 Å². The molecule has 1 aliphatic rings. The second kappa shape index (κ2) is 8.42. The number of rotatable bonds is 5. The predicted molar refractivity (Wildman–Crippen MR) is 118 cm³/mol. The molecule has 6 nitrogen and oxygen atoms in total. The summed E-state index contributed by atoms with van der Waals surface area (Å²) in [5.41, 5.74) is 0.911. The van der Waals surface area contributed by atoms with Crippen molar-refractivity contribution in [3.05, 3.63) is 83.6 Å². The van der Waals surface area contributed by atoms with Crippen LogP contribution in [0.15, 0.2) is 66.7 Å². The number of H-pyrrole nitrogens is 1. The maximum atomic E-state index is 13.7. The maximum Gasteiger partial charge on any atom is 0.417 e. The van der Waals surface area contributed by atoms with Crippen molar-refractivity contribution in [1.82, 2.24) is 20.2 Å². The number of hydrogen-bond acceptors (Lipinski definition) is 5. The fraction of sp³-hybridized carbons (Fsp3) is 0.125. The van der Waals surface area contributed by atoms with E-state index in [1.165, 1.54) is 24.3 Å². The minimum absolute atomic E-state index is 0.106. The van der Waals surface area contributed by atoms with Gasteiger partial charge in [-0.2, -0.15) is 23.3 Å². The molecule has 0 saturated carbocycles. The first-order chi connectivity index (χ1) is 16.0. The Hall–Kier alpha value is -4.14. The van der Waals surface area contributed by atoms with Crippen LogP contribution in [-0.4, -0.2) is 20.2 Å². The maximum absolute atomic E-state index is 13.7. The summed E-state index contributed by atoms with van der Waals surface area (Å²) in [5.74, 6) is 1.33. The summed E-state index contributed by atoms with van der Waals surface area (Å²) in [5, 5.41) is 10.4. The van der Waals surface area contributed by atoms with Crippen LogP contribution in [0.4, 0.5) is 24.8 Å². The molecule has 33 heavy (non-hydrogen) atoms. The molecule has 2 N–H and O–H groups in total. The Bertz CT molecular complexity index is 1320. The first-order valence-corrected chi connectivity index (χ1v) is 10.3. The lowest BCUT2D eigenvalue weighted by Crippen LogP contribution is -2.09. The summed E-state index contributed by atoms with van der Waals surface area (Å²) < 4.78 is 46.8. The Labute approximate surface area is 187 Å². The van der Waals surface area contributed by atoms with Crippen LogP contribution in [-0.2, 0) is 12.6 Å². The summed E-state index contributed by atoms with van der Waals surface area (Å²) in [4.78, 5) is 8.65. The lowest BCUT2D eigenvalue weighted by atomic mass is 10.0. The van der Waals surface area contributed by atoms with Gasteiger partial charge in [-0.3, -0.25) is 5.10 Å². The second-order valence-electron chi connectivity index (χ2n) is 7.40. The van der Waals surface area contributed by atoms with Gasteiger partial charge in [0.2, 0.25) is 5.88 Å². The third kappa shape index (κ3) is 4.43. The van der Waals surface area contributed by atoms with Crippen molar-refractivity contribution < 1.29 is 17.9 Å². The standard InChI is InChI=1S/C24H18F3N5O/c25-24(26,27)18-12-6-4-10-16(18)22-28-20(14-21(30-22)33-15-8-2-1-3-9-15)29-23-17-11-5-7-13-19(17)31-32-23/h1-4,6-10,12-14H,5,11H2,(H2,28,29,30,31,32). The van der Waals surface area contributed by atoms with Gasteiger partial charge >= 0.3 is 6.18 Å². The SMILES string of the molecule is FC(F)(F)c1ccccc1-c1nc(Nc2n[nH]c3c2CCC=C3)cc(Oc2ccccc2)n1. The number of ether oxygens (including phenoxy) is 1. The molecule has 0 bridgehead atoms. The van der Waals surface area contributed by atoms with Crippen LogP contribution in [0.5, 0.6) is 11.6 Å². The minimum atomic E-state index is -4.56. The van der Waals surface area contributed by atoms with E-state index in [0.717, 1.165) is 30.2 Å². The fourth-order valence-electron chi connectivity index (χ4n) is 3.62. The number of aromatic nitrogens is 4. The zero-order valence-corrected chi connectivity index (χ0v) is 17.2. The zero-order valence-electron chi connectivity index (χ0n) is 17.2. The minimum Gasteiger partial charge on any atom is -0.439 e. The number of halogens is 3. The number of nitrogens with one attached hydrogen (secondary N) is 2. The van der Waals surface area contributed by atoms with Crippen molar-refractivity contribution >= 4 is 17.7 Å². The van der Waals surface area contributed by atoms with Crippen LogP contribution in [0.25, 0.3) is 17.5 Å². The lowest BCUT2D eigenvalue weighted by molar-refractivity contribution is -0.137. The van der Waals surface area contributed by atoms with Crippen molar-refractivity contribution in [3.8, 4) is 23.0 Å². The highest BCUT2D eigenvalue weighted by Gasteiger charge is 2.34. The first kappa shape index (κ1) is 20.7. The normalized spacial score (nSPS) is 12.9. The Balaban J connectivity index is 1.59. The third-order valence-electron chi connectivity index (χ3n) is 5.13. The number of fused-ring (bicyclic) bond motifs is 1. The molecule has 2 aromatic carbocycles. The molecule has 0 radical (unpaired) electrons. The van der Waals surface area contributed by atoms with Crippen molar-refractivity contribution in [1.29, 1.82) is 0 Å². The van der Waals surface area contributed by atoms with E-state index in [1.807, 2.05) is 18.2 Å². The summed E-state index contributed by atoms with van der Waals surface area (Å²) in [6.45, 7) is 0. The van der Waals surface area contributed by atoms with E-state index < -0.39 is 11.7 Å². The average Bonchev–Trinajstić information content (AvgIpc) is 3.22. The van der Waals surface area contributed by atoms with E-state index in [9.17, 15) is 13.2 Å². The molecule has 9 heteroatoms.